The zero-order chi connectivity index (χ0) is 16.8. The zero-order valence-electron chi connectivity index (χ0n) is 11.9. The first-order valence-corrected chi connectivity index (χ1v) is 8.78. The molecule has 0 amide bonds. The van der Waals surface area contributed by atoms with Crippen molar-refractivity contribution in [2.45, 2.75) is 21.6 Å². The van der Waals surface area contributed by atoms with Crippen LogP contribution in [0.5, 0.6) is 0 Å². The average Bonchev–Trinajstić information content (AvgIpc) is 3.18. The highest BCUT2D eigenvalue weighted by Crippen LogP contribution is 2.55. The summed E-state index contributed by atoms with van der Waals surface area (Å²) in [6, 6.07) is 14.1. The largest absolute Gasteiger partial charge is 0.480 e. The molecule has 1 aliphatic carbocycles. The van der Waals surface area contributed by atoms with Crippen molar-refractivity contribution in [3.8, 4) is 0 Å². The Morgan fingerprint density at radius 2 is 1.65 bits per heavy atom. The van der Waals surface area contributed by atoms with Gasteiger partial charge in [0.25, 0.3) is 0 Å². The molecule has 1 saturated carbocycles. The molecule has 0 saturated heterocycles. The fourth-order valence-electron chi connectivity index (χ4n) is 2.94. The molecule has 0 heterocycles. The van der Waals surface area contributed by atoms with Crippen LogP contribution in [0.1, 0.15) is 11.5 Å². The van der Waals surface area contributed by atoms with Crippen molar-refractivity contribution < 1.29 is 18.3 Å². The maximum Gasteiger partial charge on any atom is 0.325 e. The molecule has 0 aromatic heterocycles. The van der Waals surface area contributed by atoms with Crippen molar-refractivity contribution in [3.63, 3.8) is 0 Å². The first kappa shape index (κ1) is 16.0. The lowest BCUT2D eigenvalue weighted by Crippen LogP contribution is -2.39. The number of aliphatic carboxylic acids is 1. The van der Waals surface area contributed by atoms with Crippen molar-refractivity contribution in [1.82, 2.24) is 0 Å². The molecule has 0 spiro atoms. The molecule has 0 unspecified atom stereocenters. The third-order valence-corrected chi connectivity index (χ3v) is 6.70. The normalized spacial score (nSPS) is 26.7. The standard InChI is InChI=1S/C16H14ClNO4S/c17-11-8-6-10(7-9-11)13-14(16(13,18)15(19)20)23(21,22)12-4-2-1-3-5-12/h1-9,13-14H,18H2,(H,19,20)/t13-,14+,16+/m1/s1. The van der Waals surface area contributed by atoms with Crippen LogP contribution in [0.3, 0.4) is 0 Å². The number of halogens is 1. The monoisotopic (exact) mass is 351 g/mol. The third kappa shape index (κ3) is 2.43. The van der Waals surface area contributed by atoms with Gasteiger partial charge in [-0.05, 0) is 29.8 Å². The van der Waals surface area contributed by atoms with Gasteiger partial charge in [-0.1, -0.05) is 41.9 Å². The Bertz CT molecular complexity index is 851. The molecule has 3 rings (SSSR count). The highest BCUT2D eigenvalue weighted by molar-refractivity contribution is 7.92. The van der Waals surface area contributed by atoms with E-state index in [9.17, 15) is 18.3 Å². The van der Waals surface area contributed by atoms with Gasteiger partial charge in [-0.15, -0.1) is 0 Å². The van der Waals surface area contributed by atoms with Gasteiger partial charge in [0.2, 0.25) is 0 Å². The first-order chi connectivity index (χ1) is 10.8. The van der Waals surface area contributed by atoms with Gasteiger partial charge in [-0.2, -0.15) is 0 Å². The van der Waals surface area contributed by atoms with Crippen LogP contribution in [-0.4, -0.2) is 30.3 Å². The fourth-order valence-corrected chi connectivity index (χ4v) is 5.32. The Morgan fingerprint density at radius 1 is 1.09 bits per heavy atom. The zero-order valence-corrected chi connectivity index (χ0v) is 13.5. The smallest absolute Gasteiger partial charge is 0.325 e. The van der Waals surface area contributed by atoms with Crippen LogP contribution in [-0.2, 0) is 14.6 Å². The predicted octanol–water partition coefficient (Wildman–Crippen LogP) is 2.06. The average molecular weight is 352 g/mol. The van der Waals surface area contributed by atoms with Gasteiger partial charge in [-0.3, -0.25) is 4.79 Å². The molecule has 7 heteroatoms. The van der Waals surface area contributed by atoms with E-state index in [1.807, 2.05) is 0 Å². The van der Waals surface area contributed by atoms with Crippen LogP contribution in [0.4, 0.5) is 0 Å². The number of hydrogen-bond acceptors (Lipinski definition) is 4. The van der Waals surface area contributed by atoms with Gasteiger partial charge in [0.1, 0.15) is 10.8 Å². The molecule has 1 aliphatic rings. The van der Waals surface area contributed by atoms with Crippen molar-refractivity contribution in [2.75, 3.05) is 0 Å². The summed E-state index contributed by atoms with van der Waals surface area (Å²) in [4.78, 5) is 11.7. The molecule has 0 aliphatic heterocycles. The van der Waals surface area contributed by atoms with E-state index in [1.165, 1.54) is 12.1 Å². The van der Waals surface area contributed by atoms with Crippen LogP contribution in [0.2, 0.25) is 5.02 Å². The van der Waals surface area contributed by atoms with E-state index >= 15 is 0 Å². The summed E-state index contributed by atoms with van der Waals surface area (Å²) in [7, 11) is -3.86. The second-order valence-corrected chi connectivity index (χ2v) is 8.05. The predicted molar refractivity (Wildman–Crippen MR) is 86.2 cm³/mol. The fraction of sp³-hybridized carbons (Fsp3) is 0.188. The number of sulfone groups is 1. The van der Waals surface area contributed by atoms with Crippen LogP contribution >= 0.6 is 11.6 Å². The van der Waals surface area contributed by atoms with Gasteiger partial charge in [0.05, 0.1) is 4.90 Å². The van der Waals surface area contributed by atoms with E-state index in [2.05, 4.69) is 0 Å². The first-order valence-electron chi connectivity index (χ1n) is 6.86. The molecule has 23 heavy (non-hydrogen) atoms. The van der Waals surface area contributed by atoms with E-state index in [1.54, 1.807) is 42.5 Å². The van der Waals surface area contributed by atoms with E-state index in [4.69, 9.17) is 17.3 Å². The molecule has 0 bridgehead atoms. The lowest BCUT2D eigenvalue weighted by atomic mass is 10.1. The number of benzene rings is 2. The molecule has 5 nitrogen and oxygen atoms in total. The highest BCUT2D eigenvalue weighted by atomic mass is 35.5. The Balaban J connectivity index is 2.07. The molecular weight excluding hydrogens is 338 g/mol. The topological polar surface area (TPSA) is 97.5 Å². The molecule has 3 N–H and O–H groups in total. The number of carboxylic acids is 1. The van der Waals surface area contributed by atoms with Crippen molar-refractivity contribution in [3.05, 3.63) is 65.2 Å². The maximum atomic E-state index is 12.8. The van der Waals surface area contributed by atoms with Crippen molar-refractivity contribution in [1.29, 1.82) is 0 Å². The van der Waals surface area contributed by atoms with Crippen molar-refractivity contribution in [2.24, 2.45) is 5.73 Å². The van der Waals surface area contributed by atoms with Crippen molar-refractivity contribution >= 4 is 27.4 Å². The molecule has 1 fully saturated rings. The molecule has 2 aromatic carbocycles. The van der Waals surface area contributed by atoms with Crippen LogP contribution in [0.25, 0.3) is 0 Å². The van der Waals surface area contributed by atoms with E-state index < -0.39 is 32.5 Å². The van der Waals surface area contributed by atoms with Gasteiger partial charge in [0.15, 0.2) is 9.84 Å². The summed E-state index contributed by atoms with van der Waals surface area (Å²) in [6.07, 6.45) is 0. The summed E-state index contributed by atoms with van der Waals surface area (Å²) in [5, 5.41) is 8.73. The summed E-state index contributed by atoms with van der Waals surface area (Å²) in [5.74, 6) is -2.15. The molecule has 2 aromatic rings. The van der Waals surface area contributed by atoms with E-state index in [-0.39, 0.29) is 4.90 Å². The summed E-state index contributed by atoms with van der Waals surface area (Å²) in [5.41, 5.74) is 4.66. The summed E-state index contributed by atoms with van der Waals surface area (Å²) in [6.45, 7) is 0. The number of hydrogen-bond donors (Lipinski definition) is 2. The summed E-state index contributed by atoms with van der Waals surface area (Å²) >= 11 is 5.83. The Labute approximate surface area is 138 Å². The number of rotatable bonds is 4. The van der Waals surface area contributed by atoms with Gasteiger partial charge in [0, 0.05) is 10.9 Å². The Hall–Kier alpha value is -1.89. The van der Waals surface area contributed by atoms with E-state index in [0.717, 1.165) is 0 Å². The Kier molecular flexibility index (Phi) is 3.71. The van der Waals surface area contributed by atoms with Gasteiger partial charge >= 0.3 is 5.97 Å². The number of carbonyl (C=O) groups is 1. The minimum Gasteiger partial charge on any atom is -0.480 e. The quantitative estimate of drug-likeness (QED) is 0.878. The van der Waals surface area contributed by atoms with Gasteiger partial charge < -0.3 is 10.8 Å². The molecular formula is C16H14ClNO4S. The van der Waals surface area contributed by atoms with Crippen LogP contribution < -0.4 is 5.73 Å². The van der Waals surface area contributed by atoms with E-state index in [0.29, 0.717) is 10.6 Å². The van der Waals surface area contributed by atoms with Crippen LogP contribution in [0.15, 0.2) is 59.5 Å². The maximum absolute atomic E-state index is 12.8. The highest BCUT2D eigenvalue weighted by Gasteiger charge is 2.74. The lowest BCUT2D eigenvalue weighted by Gasteiger charge is -2.06. The number of nitrogens with two attached hydrogens (primary N) is 1. The number of carboxylic acid groups (broad SMARTS) is 1. The SMILES string of the molecule is N[C@@]1(C(=O)O)[C@H](c2ccc(Cl)cc2)[C@@H]1S(=O)(=O)c1ccccc1. The third-order valence-electron chi connectivity index (χ3n) is 4.18. The summed E-state index contributed by atoms with van der Waals surface area (Å²) < 4.78 is 25.6. The molecule has 3 atom stereocenters. The molecule has 120 valence electrons. The second-order valence-electron chi connectivity index (χ2n) is 5.55. The van der Waals surface area contributed by atoms with Crippen LogP contribution in [0, 0.1) is 0 Å². The second kappa shape index (κ2) is 5.33. The lowest BCUT2D eigenvalue weighted by molar-refractivity contribution is -0.139. The minimum absolute atomic E-state index is 0.0672. The minimum atomic E-state index is -3.86. The molecule has 0 radical (unpaired) electrons. The Morgan fingerprint density at radius 3 is 2.17 bits per heavy atom. The van der Waals surface area contributed by atoms with Gasteiger partial charge in [-0.25, -0.2) is 8.42 Å².